The Morgan fingerprint density at radius 2 is 2.00 bits per heavy atom. The molecule has 0 aromatic heterocycles. The van der Waals surface area contributed by atoms with E-state index in [0.717, 1.165) is 32.5 Å². The second kappa shape index (κ2) is 5.41. The Balaban J connectivity index is 2.52. The minimum absolute atomic E-state index is 0.249. The molecule has 0 N–H and O–H groups in total. The number of benzene rings is 1. The van der Waals surface area contributed by atoms with Crippen molar-refractivity contribution in [3.63, 3.8) is 0 Å². The average molecular weight is 373 g/mol. The molecule has 2 rings (SSSR count). The number of rotatable bonds is 2. The normalized spacial score (nSPS) is 15.6. The summed E-state index contributed by atoms with van der Waals surface area (Å²) in [7, 11) is 0. The van der Waals surface area contributed by atoms with Crippen molar-refractivity contribution in [3.8, 4) is 0 Å². The fourth-order valence-electron chi connectivity index (χ4n) is 1.91. The van der Waals surface area contributed by atoms with Crippen molar-refractivity contribution < 1.29 is 4.39 Å². The number of likely N-dealkylation sites (N-methyl/N-ethyl adjacent to an activating group) is 1. The summed E-state index contributed by atoms with van der Waals surface area (Å²) in [5.41, 5.74) is 2.87. The van der Waals surface area contributed by atoms with Gasteiger partial charge in [0.1, 0.15) is 5.82 Å². The van der Waals surface area contributed by atoms with Crippen molar-refractivity contribution >= 4 is 37.6 Å². The first-order valence-electron chi connectivity index (χ1n) is 5.54. The molecule has 0 aliphatic carbocycles. The van der Waals surface area contributed by atoms with Gasteiger partial charge in [-0.05, 0) is 69.1 Å². The molecule has 0 saturated carbocycles. The van der Waals surface area contributed by atoms with Crippen LogP contribution in [0, 0.1) is 5.82 Å². The predicted octanol–water partition coefficient (Wildman–Crippen LogP) is 5.06. The summed E-state index contributed by atoms with van der Waals surface area (Å²) >= 11 is 6.87. The van der Waals surface area contributed by atoms with Crippen LogP contribution < -0.4 is 0 Å². The standard InChI is InChI=1S/C14H12Br2FN/c1-3-18-9(2)12(15)6-7-14(18)11-5-4-10(17)8-13(11)16/h4-8H,2-3H2,1H3. The quantitative estimate of drug-likeness (QED) is 0.701. The van der Waals surface area contributed by atoms with Gasteiger partial charge in [-0.1, -0.05) is 6.58 Å². The maximum Gasteiger partial charge on any atom is 0.124 e. The monoisotopic (exact) mass is 371 g/mol. The van der Waals surface area contributed by atoms with E-state index in [4.69, 9.17) is 0 Å². The van der Waals surface area contributed by atoms with E-state index < -0.39 is 0 Å². The minimum atomic E-state index is -0.249. The van der Waals surface area contributed by atoms with Crippen molar-refractivity contribution in [3.05, 3.63) is 63.0 Å². The molecule has 18 heavy (non-hydrogen) atoms. The molecule has 1 aliphatic rings. The third-order valence-corrected chi connectivity index (χ3v) is 4.18. The molecule has 0 saturated heterocycles. The molecule has 1 aromatic rings. The van der Waals surface area contributed by atoms with Gasteiger partial charge in [-0.2, -0.15) is 0 Å². The van der Waals surface area contributed by atoms with Crippen molar-refractivity contribution in [1.82, 2.24) is 4.90 Å². The molecule has 0 spiro atoms. The molecular weight excluding hydrogens is 361 g/mol. The molecule has 1 nitrogen and oxygen atoms in total. The van der Waals surface area contributed by atoms with E-state index in [1.54, 1.807) is 6.07 Å². The van der Waals surface area contributed by atoms with Gasteiger partial charge in [0.25, 0.3) is 0 Å². The zero-order valence-corrected chi connectivity index (χ0v) is 13.1. The van der Waals surface area contributed by atoms with Crippen molar-refractivity contribution in [1.29, 1.82) is 0 Å². The highest BCUT2D eigenvalue weighted by Gasteiger charge is 2.19. The van der Waals surface area contributed by atoms with Gasteiger partial charge in [0.2, 0.25) is 0 Å². The van der Waals surface area contributed by atoms with Crippen LogP contribution in [0.2, 0.25) is 0 Å². The number of nitrogens with zero attached hydrogens (tertiary/aromatic N) is 1. The van der Waals surface area contributed by atoms with Crippen LogP contribution in [0.25, 0.3) is 5.70 Å². The number of hydrogen-bond donors (Lipinski definition) is 0. The Hall–Kier alpha value is -0.870. The second-order valence-electron chi connectivity index (χ2n) is 3.88. The Morgan fingerprint density at radius 1 is 1.28 bits per heavy atom. The number of allylic oxidation sites excluding steroid dienone is 3. The van der Waals surface area contributed by atoms with Gasteiger partial charge in [0.15, 0.2) is 0 Å². The first-order valence-corrected chi connectivity index (χ1v) is 7.13. The number of hydrogen-bond acceptors (Lipinski definition) is 1. The van der Waals surface area contributed by atoms with Crippen LogP contribution in [-0.4, -0.2) is 11.4 Å². The second-order valence-corrected chi connectivity index (χ2v) is 5.59. The lowest BCUT2D eigenvalue weighted by Crippen LogP contribution is -2.23. The van der Waals surface area contributed by atoms with E-state index >= 15 is 0 Å². The Bertz CT molecular complexity index is 561. The first kappa shape index (κ1) is 13.6. The molecule has 1 aromatic carbocycles. The molecule has 0 fully saturated rings. The van der Waals surface area contributed by atoms with E-state index in [1.807, 2.05) is 12.2 Å². The Kier molecular flexibility index (Phi) is 4.07. The van der Waals surface area contributed by atoms with E-state index in [9.17, 15) is 4.39 Å². The van der Waals surface area contributed by atoms with Crippen LogP contribution in [-0.2, 0) is 0 Å². The third kappa shape index (κ3) is 2.45. The summed E-state index contributed by atoms with van der Waals surface area (Å²) in [6.07, 6.45) is 3.96. The van der Waals surface area contributed by atoms with E-state index in [2.05, 4.69) is 50.3 Å². The van der Waals surface area contributed by atoms with Gasteiger partial charge in [0, 0.05) is 32.5 Å². The molecule has 94 valence electrons. The van der Waals surface area contributed by atoms with Gasteiger partial charge >= 0.3 is 0 Å². The lowest BCUT2D eigenvalue weighted by Gasteiger charge is -2.31. The topological polar surface area (TPSA) is 3.24 Å². The summed E-state index contributed by atoms with van der Waals surface area (Å²) in [5, 5.41) is 0. The lowest BCUT2D eigenvalue weighted by atomic mass is 10.1. The van der Waals surface area contributed by atoms with Crippen LogP contribution in [0.1, 0.15) is 12.5 Å². The zero-order valence-electron chi connectivity index (χ0n) is 9.88. The van der Waals surface area contributed by atoms with Gasteiger partial charge in [-0.25, -0.2) is 4.39 Å². The van der Waals surface area contributed by atoms with Gasteiger partial charge < -0.3 is 4.90 Å². The largest absolute Gasteiger partial charge is 0.341 e. The average Bonchev–Trinajstić information content (AvgIpc) is 2.33. The molecule has 0 unspecified atom stereocenters. The summed E-state index contributed by atoms with van der Waals surface area (Å²) in [5.74, 6) is -0.249. The van der Waals surface area contributed by atoms with Crippen molar-refractivity contribution in [2.24, 2.45) is 0 Å². The van der Waals surface area contributed by atoms with Crippen molar-refractivity contribution in [2.45, 2.75) is 6.92 Å². The predicted molar refractivity (Wildman–Crippen MR) is 80.6 cm³/mol. The zero-order chi connectivity index (χ0) is 13.3. The molecule has 1 aliphatic heterocycles. The summed E-state index contributed by atoms with van der Waals surface area (Å²) in [6, 6.07) is 4.71. The smallest absolute Gasteiger partial charge is 0.124 e. The lowest BCUT2D eigenvalue weighted by molar-refractivity contribution is 0.528. The summed E-state index contributed by atoms with van der Waals surface area (Å²) in [4.78, 5) is 2.09. The molecule has 0 radical (unpaired) electrons. The highest BCUT2D eigenvalue weighted by molar-refractivity contribution is 9.12. The van der Waals surface area contributed by atoms with Gasteiger partial charge in [-0.15, -0.1) is 0 Å². The van der Waals surface area contributed by atoms with Crippen LogP contribution >= 0.6 is 31.9 Å². The van der Waals surface area contributed by atoms with Crippen LogP contribution in [0.5, 0.6) is 0 Å². The highest BCUT2D eigenvalue weighted by atomic mass is 79.9. The van der Waals surface area contributed by atoms with Crippen LogP contribution in [0.3, 0.4) is 0 Å². The molecule has 0 bridgehead atoms. The molecule has 0 atom stereocenters. The van der Waals surface area contributed by atoms with E-state index in [-0.39, 0.29) is 5.82 Å². The van der Waals surface area contributed by atoms with Gasteiger partial charge in [0.05, 0.1) is 0 Å². The van der Waals surface area contributed by atoms with Crippen molar-refractivity contribution in [2.75, 3.05) is 6.54 Å². The summed E-state index contributed by atoms with van der Waals surface area (Å²) < 4.78 is 14.8. The molecule has 1 heterocycles. The Labute approximate surface area is 123 Å². The SMILES string of the molecule is C=C1C(Br)=CC=C(c2ccc(F)cc2Br)N1CC. The van der Waals surface area contributed by atoms with Crippen LogP contribution in [0.15, 0.2) is 51.6 Å². The fourth-order valence-corrected chi connectivity index (χ4v) is 2.81. The summed E-state index contributed by atoms with van der Waals surface area (Å²) in [6.45, 7) is 6.91. The minimum Gasteiger partial charge on any atom is -0.341 e. The van der Waals surface area contributed by atoms with Gasteiger partial charge in [-0.3, -0.25) is 0 Å². The maximum atomic E-state index is 13.1. The highest BCUT2D eigenvalue weighted by Crippen LogP contribution is 2.35. The molecule has 4 heteroatoms. The van der Waals surface area contributed by atoms with Crippen LogP contribution in [0.4, 0.5) is 4.39 Å². The Morgan fingerprint density at radius 3 is 2.61 bits per heavy atom. The third-order valence-electron chi connectivity index (χ3n) is 2.80. The molecular formula is C14H12Br2FN. The number of halogens is 3. The van der Waals surface area contributed by atoms with E-state index in [0.29, 0.717) is 0 Å². The maximum absolute atomic E-state index is 13.1. The first-order chi connectivity index (χ1) is 8.54. The van der Waals surface area contributed by atoms with E-state index in [1.165, 1.54) is 12.1 Å². The molecule has 0 amide bonds. The fraction of sp³-hybridized carbons (Fsp3) is 0.143.